The van der Waals surface area contributed by atoms with Gasteiger partial charge in [0, 0.05) is 36.4 Å². The van der Waals surface area contributed by atoms with Crippen LogP contribution in [0.25, 0.3) is 22.3 Å². The third kappa shape index (κ3) is 4.54. The molecule has 0 unspecified atom stereocenters. The first-order valence-electron chi connectivity index (χ1n) is 14.0. The van der Waals surface area contributed by atoms with Crippen LogP contribution in [-0.4, -0.2) is 50.1 Å². The van der Waals surface area contributed by atoms with Gasteiger partial charge in [-0.2, -0.15) is 0 Å². The molecule has 43 heavy (non-hydrogen) atoms. The molecule has 0 fully saturated rings. The molecular formula is C30H31FN4O8. The van der Waals surface area contributed by atoms with Gasteiger partial charge in [-0.05, 0) is 48.9 Å². The first kappa shape index (κ1) is 28.7. The van der Waals surface area contributed by atoms with Crippen LogP contribution in [0.5, 0.6) is 0 Å². The van der Waals surface area contributed by atoms with Crippen LogP contribution in [0.4, 0.5) is 9.18 Å². The summed E-state index contributed by atoms with van der Waals surface area (Å²) in [5.41, 5.74) is 1.60. The highest BCUT2D eigenvalue weighted by atomic mass is 19.1. The number of pyridine rings is 2. The lowest BCUT2D eigenvalue weighted by Crippen LogP contribution is -2.44. The summed E-state index contributed by atoms with van der Waals surface area (Å²) in [4.78, 5) is 56.0. The van der Waals surface area contributed by atoms with Crippen molar-refractivity contribution >= 4 is 28.9 Å². The molecule has 6 rings (SSSR count). The normalized spacial score (nSPS) is 20.2. The number of carbonyl (C=O) groups is 3. The van der Waals surface area contributed by atoms with E-state index in [9.17, 15) is 29.4 Å². The smallest absolute Gasteiger partial charge is 0.410 e. The number of hydrogen-bond donors (Lipinski definition) is 4. The van der Waals surface area contributed by atoms with E-state index in [-0.39, 0.29) is 30.7 Å². The van der Waals surface area contributed by atoms with Crippen molar-refractivity contribution in [3.8, 4) is 11.4 Å². The first-order valence-corrected chi connectivity index (χ1v) is 14.0. The van der Waals surface area contributed by atoms with E-state index in [4.69, 9.17) is 14.5 Å². The van der Waals surface area contributed by atoms with Crippen LogP contribution in [0.3, 0.4) is 0 Å². The van der Waals surface area contributed by atoms with Crippen LogP contribution >= 0.6 is 0 Å². The number of nitrogens with one attached hydrogen (secondary N) is 2. The summed E-state index contributed by atoms with van der Waals surface area (Å²) in [5.74, 6) is -3.51. The number of rotatable bonds is 5. The van der Waals surface area contributed by atoms with Gasteiger partial charge in [-0.3, -0.25) is 9.59 Å². The molecule has 0 saturated heterocycles. The highest BCUT2D eigenvalue weighted by Crippen LogP contribution is 2.45. The lowest BCUT2D eigenvalue weighted by molar-refractivity contribution is -0.172. The summed E-state index contributed by atoms with van der Waals surface area (Å²) in [6.07, 6.45) is -0.105. The van der Waals surface area contributed by atoms with Gasteiger partial charge in [0.2, 0.25) is 11.7 Å². The van der Waals surface area contributed by atoms with E-state index in [2.05, 4.69) is 10.6 Å². The number of aryl methyl sites for hydroxylation is 1. The molecule has 12 nitrogen and oxygen atoms in total. The van der Waals surface area contributed by atoms with Crippen molar-refractivity contribution in [1.82, 2.24) is 20.2 Å². The number of halogens is 1. The maximum absolute atomic E-state index is 15.1. The van der Waals surface area contributed by atoms with E-state index in [0.717, 1.165) is 5.56 Å². The second-order valence-electron chi connectivity index (χ2n) is 11.7. The number of benzene rings is 1. The summed E-state index contributed by atoms with van der Waals surface area (Å²) < 4.78 is 26.5. The SMILES string of the molecule is CC[C@@]1(O)C(=O)OCc2c1cc1n(c2=O)Cc2c-1nc1cc(F)c(C)c3c1c2[C@@H](NC(=O)CNC(=O)OC(C)(C)O)CC3. The predicted octanol–water partition coefficient (Wildman–Crippen LogP) is 2.09. The molecule has 226 valence electrons. The van der Waals surface area contributed by atoms with Gasteiger partial charge in [-0.25, -0.2) is 19.0 Å². The number of hydrogen-bond acceptors (Lipinski definition) is 9. The Morgan fingerprint density at radius 3 is 2.70 bits per heavy atom. The summed E-state index contributed by atoms with van der Waals surface area (Å²) in [5, 5.41) is 26.8. The van der Waals surface area contributed by atoms with Gasteiger partial charge >= 0.3 is 12.1 Å². The maximum Gasteiger partial charge on any atom is 0.410 e. The van der Waals surface area contributed by atoms with Crippen LogP contribution in [0, 0.1) is 12.7 Å². The highest BCUT2D eigenvalue weighted by molar-refractivity contribution is 5.94. The molecule has 2 atom stereocenters. The van der Waals surface area contributed by atoms with E-state index in [1.165, 1.54) is 24.5 Å². The minimum atomic E-state index is -2.00. The van der Waals surface area contributed by atoms with Gasteiger partial charge in [-0.1, -0.05) is 6.92 Å². The lowest BCUT2D eigenvalue weighted by atomic mass is 9.81. The minimum Gasteiger partial charge on any atom is -0.458 e. The largest absolute Gasteiger partial charge is 0.458 e. The topological polar surface area (TPSA) is 169 Å². The van der Waals surface area contributed by atoms with Crippen LogP contribution in [-0.2, 0) is 44.2 Å². The van der Waals surface area contributed by atoms with Gasteiger partial charge < -0.3 is 34.9 Å². The zero-order valence-corrected chi connectivity index (χ0v) is 24.1. The fourth-order valence-electron chi connectivity index (χ4n) is 6.36. The fourth-order valence-corrected chi connectivity index (χ4v) is 6.36. The summed E-state index contributed by atoms with van der Waals surface area (Å²) in [6, 6.07) is 2.35. The molecule has 2 aromatic heterocycles. The van der Waals surface area contributed by atoms with Crippen molar-refractivity contribution in [2.24, 2.45) is 0 Å². The third-order valence-corrected chi connectivity index (χ3v) is 8.45. The number of aromatic nitrogens is 2. The molecule has 2 aliphatic heterocycles. The molecule has 0 spiro atoms. The van der Waals surface area contributed by atoms with Crippen LogP contribution < -0.4 is 16.2 Å². The Labute approximate surface area is 244 Å². The zero-order valence-electron chi connectivity index (χ0n) is 24.1. The third-order valence-electron chi connectivity index (χ3n) is 8.45. The van der Waals surface area contributed by atoms with Crippen LogP contribution in [0.2, 0.25) is 0 Å². The van der Waals surface area contributed by atoms with E-state index >= 15 is 4.39 Å². The number of cyclic esters (lactones) is 1. The number of aliphatic hydroxyl groups is 2. The number of fused-ring (bicyclic) bond motifs is 5. The number of ether oxygens (including phenoxy) is 2. The number of amides is 2. The first-order chi connectivity index (χ1) is 20.2. The van der Waals surface area contributed by atoms with Gasteiger partial charge in [-0.15, -0.1) is 0 Å². The average molecular weight is 595 g/mol. The van der Waals surface area contributed by atoms with Crippen molar-refractivity contribution in [2.45, 2.75) is 77.5 Å². The maximum atomic E-state index is 15.1. The standard InChI is InChI=1S/C30H31FN4O8/c1-5-30(41)17-8-21-25-15(11-35(21)26(37)16(17)12-42-27(30)38)24-19(33-22(36)10-32-28(39)43-29(3,4)40)7-6-14-13(2)18(31)9-20(34-25)23(14)24/h8-9,19,40-41H,5-7,10-12H2,1-4H3,(H,32,39)(H,33,36)/t19-,30-/m0/s1. The monoisotopic (exact) mass is 594 g/mol. The minimum absolute atomic E-state index is 0.00961. The molecule has 0 bridgehead atoms. The summed E-state index contributed by atoms with van der Waals surface area (Å²) in [6.45, 7) is 5.26. The van der Waals surface area contributed by atoms with Crippen molar-refractivity contribution < 1.29 is 38.5 Å². The quantitative estimate of drug-likeness (QED) is 0.200. The van der Waals surface area contributed by atoms with Gasteiger partial charge in [0.05, 0.1) is 35.1 Å². The molecule has 1 aromatic carbocycles. The Morgan fingerprint density at radius 1 is 1.26 bits per heavy atom. The summed E-state index contributed by atoms with van der Waals surface area (Å²) >= 11 is 0. The number of alkyl carbamates (subject to hydrolysis) is 1. The molecule has 2 amide bonds. The number of carbonyl (C=O) groups excluding carboxylic acids is 3. The van der Waals surface area contributed by atoms with Gasteiger partial charge in [0.15, 0.2) is 5.60 Å². The van der Waals surface area contributed by atoms with Crippen molar-refractivity contribution in [2.75, 3.05) is 6.54 Å². The molecule has 4 N–H and O–H groups in total. The molecular weight excluding hydrogens is 563 g/mol. The van der Waals surface area contributed by atoms with E-state index in [0.29, 0.717) is 51.8 Å². The molecule has 3 aliphatic rings. The molecule has 1 aliphatic carbocycles. The van der Waals surface area contributed by atoms with Crippen molar-refractivity contribution in [3.05, 3.63) is 61.7 Å². The molecule has 0 saturated carbocycles. The molecule has 13 heteroatoms. The van der Waals surface area contributed by atoms with Gasteiger partial charge in [0.1, 0.15) is 19.0 Å². The Morgan fingerprint density at radius 2 is 2.00 bits per heavy atom. The van der Waals surface area contributed by atoms with E-state index in [1.54, 1.807) is 19.9 Å². The summed E-state index contributed by atoms with van der Waals surface area (Å²) in [7, 11) is 0. The molecule has 0 radical (unpaired) electrons. The van der Waals surface area contributed by atoms with Crippen molar-refractivity contribution in [1.29, 1.82) is 0 Å². The van der Waals surface area contributed by atoms with Crippen LogP contribution in [0.1, 0.15) is 73.0 Å². The van der Waals surface area contributed by atoms with Crippen LogP contribution in [0.15, 0.2) is 16.9 Å². The highest BCUT2D eigenvalue weighted by Gasteiger charge is 2.46. The predicted molar refractivity (Wildman–Crippen MR) is 149 cm³/mol. The Hall–Kier alpha value is -4.36. The van der Waals surface area contributed by atoms with E-state index in [1.807, 2.05) is 0 Å². The number of nitrogens with zero attached hydrogens (tertiary/aromatic N) is 2. The van der Waals surface area contributed by atoms with Gasteiger partial charge in [0.25, 0.3) is 5.56 Å². The van der Waals surface area contributed by atoms with Crippen molar-refractivity contribution in [3.63, 3.8) is 0 Å². The molecule has 4 heterocycles. The second-order valence-corrected chi connectivity index (χ2v) is 11.7. The lowest BCUT2D eigenvalue weighted by Gasteiger charge is -2.31. The average Bonchev–Trinajstić information content (AvgIpc) is 3.31. The number of esters is 1. The Bertz CT molecular complexity index is 1810. The zero-order chi connectivity index (χ0) is 31.0. The Kier molecular flexibility index (Phi) is 6.58. The second kappa shape index (κ2) is 9.85. The fraction of sp³-hybridized carbons (Fsp3) is 0.433. The Balaban J connectivity index is 1.46. The van der Waals surface area contributed by atoms with E-state index < -0.39 is 53.3 Å². The molecule has 3 aromatic rings.